The molecule has 0 saturated carbocycles. The zero-order chi connectivity index (χ0) is 18.8. The molecule has 1 unspecified atom stereocenters. The summed E-state index contributed by atoms with van der Waals surface area (Å²) in [6, 6.07) is 5.69. The Kier molecular flexibility index (Phi) is 5.61. The molecule has 2 aliphatic rings. The van der Waals surface area contributed by atoms with Crippen LogP contribution < -0.4 is 5.73 Å². The Labute approximate surface area is 156 Å². The van der Waals surface area contributed by atoms with Gasteiger partial charge in [-0.2, -0.15) is 0 Å². The molecule has 1 aromatic carbocycles. The van der Waals surface area contributed by atoms with Crippen molar-refractivity contribution in [1.82, 2.24) is 4.90 Å². The number of likely N-dealkylation sites (tertiary alicyclic amines) is 1. The van der Waals surface area contributed by atoms with Gasteiger partial charge in [-0.15, -0.1) is 0 Å². The highest BCUT2D eigenvalue weighted by Gasteiger charge is 2.28. The van der Waals surface area contributed by atoms with Crippen LogP contribution in [0.3, 0.4) is 0 Å². The maximum Gasteiger partial charge on any atom is 0.239 e. The lowest BCUT2D eigenvalue weighted by atomic mass is 9.81. The number of nitrogens with zero attached hydrogens (tertiary/aromatic N) is 1. The standard InChI is InChI=1S/C22H30N2O2/c1-14-10-18-4-5-19(13-20(18)11-14)21(25)12-15(2)17-6-8-24(9-7-17)22(26)16(3)23/h4-5,11,13,15-17H,6-10,12,23H2,1-3H3/t15?,16-/m0/s1. The number of carbonyl (C=O) groups is 2. The molecule has 26 heavy (non-hydrogen) atoms. The lowest BCUT2D eigenvalue weighted by Gasteiger charge is -2.35. The van der Waals surface area contributed by atoms with Gasteiger partial charge in [0.1, 0.15) is 0 Å². The molecule has 3 rings (SSSR count). The monoisotopic (exact) mass is 354 g/mol. The van der Waals surface area contributed by atoms with Crippen molar-refractivity contribution in [2.24, 2.45) is 17.6 Å². The van der Waals surface area contributed by atoms with E-state index in [1.165, 1.54) is 16.7 Å². The third-order valence-electron chi connectivity index (χ3n) is 5.89. The topological polar surface area (TPSA) is 63.4 Å². The van der Waals surface area contributed by atoms with E-state index in [1.807, 2.05) is 17.0 Å². The fraction of sp³-hybridized carbons (Fsp3) is 0.545. The summed E-state index contributed by atoms with van der Waals surface area (Å²) in [6.07, 6.45) is 5.67. The molecule has 1 fully saturated rings. The second-order valence-corrected chi connectivity index (χ2v) is 8.14. The zero-order valence-electron chi connectivity index (χ0n) is 16.1. The minimum atomic E-state index is -0.428. The predicted molar refractivity (Wildman–Crippen MR) is 105 cm³/mol. The molecular weight excluding hydrogens is 324 g/mol. The predicted octanol–water partition coefficient (Wildman–Crippen LogP) is 3.44. The van der Waals surface area contributed by atoms with Gasteiger partial charge in [0.25, 0.3) is 0 Å². The molecule has 4 heteroatoms. The van der Waals surface area contributed by atoms with Crippen molar-refractivity contribution in [1.29, 1.82) is 0 Å². The summed E-state index contributed by atoms with van der Waals surface area (Å²) >= 11 is 0. The Hall–Kier alpha value is -1.94. The Bertz CT molecular complexity index is 728. The van der Waals surface area contributed by atoms with Gasteiger partial charge in [0, 0.05) is 25.1 Å². The highest BCUT2D eigenvalue weighted by molar-refractivity contribution is 5.97. The number of allylic oxidation sites excluding steroid dienone is 1. The maximum absolute atomic E-state index is 12.7. The molecule has 2 N–H and O–H groups in total. The molecule has 1 amide bonds. The van der Waals surface area contributed by atoms with Gasteiger partial charge in [-0.1, -0.05) is 30.7 Å². The first-order chi connectivity index (χ1) is 12.3. The number of Topliss-reactive ketones (excluding diaryl/α,β-unsaturated/α-hetero) is 1. The van der Waals surface area contributed by atoms with Gasteiger partial charge in [0.15, 0.2) is 5.78 Å². The molecule has 4 nitrogen and oxygen atoms in total. The van der Waals surface area contributed by atoms with Crippen molar-refractivity contribution in [2.75, 3.05) is 13.1 Å². The third-order valence-corrected chi connectivity index (χ3v) is 5.89. The number of ketones is 1. The van der Waals surface area contributed by atoms with Crippen molar-refractivity contribution in [3.05, 3.63) is 40.5 Å². The summed E-state index contributed by atoms with van der Waals surface area (Å²) in [7, 11) is 0. The molecule has 0 radical (unpaired) electrons. The van der Waals surface area contributed by atoms with Crippen LogP contribution in [0, 0.1) is 11.8 Å². The van der Waals surface area contributed by atoms with E-state index in [1.54, 1.807) is 6.92 Å². The lowest BCUT2D eigenvalue weighted by Crippen LogP contribution is -2.46. The summed E-state index contributed by atoms with van der Waals surface area (Å²) < 4.78 is 0. The van der Waals surface area contributed by atoms with E-state index < -0.39 is 6.04 Å². The average molecular weight is 354 g/mol. The molecule has 2 atom stereocenters. The lowest BCUT2D eigenvalue weighted by molar-refractivity contribution is -0.133. The van der Waals surface area contributed by atoms with Crippen molar-refractivity contribution < 1.29 is 9.59 Å². The van der Waals surface area contributed by atoms with Gasteiger partial charge >= 0.3 is 0 Å². The quantitative estimate of drug-likeness (QED) is 0.824. The van der Waals surface area contributed by atoms with E-state index >= 15 is 0 Å². The van der Waals surface area contributed by atoms with Crippen LogP contribution in [0.2, 0.25) is 0 Å². The number of fused-ring (bicyclic) bond motifs is 1. The fourth-order valence-corrected chi connectivity index (χ4v) is 4.23. The Morgan fingerprint density at radius 2 is 1.92 bits per heavy atom. The van der Waals surface area contributed by atoms with Crippen LogP contribution in [0.1, 0.15) is 61.5 Å². The van der Waals surface area contributed by atoms with Gasteiger partial charge in [-0.3, -0.25) is 9.59 Å². The summed E-state index contributed by atoms with van der Waals surface area (Å²) in [6.45, 7) is 7.55. The SMILES string of the molecule is CC1=Cc2cc(C(=O)CC(C)C3CCN(C(=O)[C@H](C)N)CC3)ccc2C1. The van der Waals surface area contributed by atoms with E-state index in [0.717, 1.165) is 37.9 Å². The molecule has 0 spiro atoms. The summed E-state index contributed by atoms with van der Waals surface area (Å²) in [5.74, 6) is 1.09. The van der Waals surface area contributed by atoms with Crippen LogP contribution in [-0.4, -0.2) is 35.7 Å². The molecule has 1 aliphatic heterocycles. The van der Waals surface area contributed by atoms with Crippen molar-refractivity contribution >= 4 is 17.8 Å². The van der Waals surface area contributed by atoms with Crippen LogP contribution in [0.4, 0.5) is 0 Å². The summed E-state index contributed by atoms with van der Waals surface area (Å²) in [5.41, 5.74) is 10.4. The highest BCUT2D eigenvalue weighted by atomic mass is 16.2. The van der Waals surface area contributed by atoms with Crippen molar-refractivity contribution in [2.45, 2.75) is 52.5 Å². The molecule has 1 aromatic rings. The normalized spacial score (nSPS) is 19.7. The average Bonchev–Trinajstić information content (AvgIpc) is 3.00. The molecule has 140 valence electrons. The number of hydrogen-bond donors (Lipinski definition) is 1. The number of piperidine rings is 1. The van der Waals surface area contributed by atoms with Crippen LogP contribution in [0.25, 0.3) is 6.08 Å². The van der Waals surface area contributed by atoms with E-state index in [9.17, 15) is 9.59 Å². The van der Waals surface area contributed by atoms with E-state index in [4.69, 9.17) is 5.73 Å². The molecule has 0 aromatic heterocycles. The second-order valence-electron chi connectivity index (χ2n) is 8.14. The Morgan fingerprint density at radius 3 is 2.58 bits per heavy atom. The molecule has 1 saturated heterocycles. The molecule has 1 aliphatic carbocycles. The fourth-order valence-electron chi connectivity index (χ4n) is 4.23. The maximum atomic E-state index is 12.7. The van der Waals surface area contributed by atoms with Crippen LogP contribution >= 0.6 is 0 Å². The van der Waals surface area contributed by atoms with Gasteiger partial charge in [-0.25, -0.2) is 0 Å². The van der Waals surface area contributed by atoms with Crippen molar-refractivity contribution in [3.63, 3.8) is 0 Å². The third kappa shape index (κ3) is 4.07. The van der Waals surface area contributed by atoms with Gasteiger partial charge in [0.05, 0.1) is 6.04 Å². The van der Waals surface area contributed by atoms with E-state index in [2.05, 4.69) is 26.0 Å². The first-order valence-corrected chi connectivity index (χ1v) is 9.73. The van der Waals surface area contributed by atoms with Gasteiger partial charge in [0.2, 0.25) is 5.91 Å². The highest BCUT2D eigenvalue weighted by Crippen LogP contribution is 2.30. The van der Waals surface area contributed by atoms with Crippen LogP contribution in [0.15, 0.2) is 23.8 Å². The molecular formula is C22H30N2O2. The largest absolute Gasteiger partial charge is 0.341 e. The van der Waals surface area contributed by atoms with Gasteiger partial charge in [-0.05, 0) is 62.1 Å². The van der Waals surface area contributed by atoms with Crippen molar-refractivity contribution in [3.8, 4) is 0 Å². The second kappa shape index (κ2) is 7.75. The first-order valence-electron chi connectivity index (χ1n) is 9.73. The summed E-state index contributed by atoms with van der Waals surface area (Å²) in [5, 5.41) is 0. The number of carbonyl (C=O) groups excluding carboxylic acids is 2. The van der Waals surface area contributed by atoms with E-state index in [-0.39, 0.29) is 11.7 Å². The first kappa shape index (κ1) is 18.8. The number of rotatable bonds is 5. The number of benzene rings is 1. The van der Waals surface area contributed by atoms with Crippen LogP contribution in [-0.2, 0) is 11.2 Å². The number of amides is 1. The number of nitrogens with two attached hydrogens (primary N) is 1. The number of hydrogen-bond acceptors (Lipinski definition) is 3. The zero-order valence-corrected chi connectivity index (χ0v) is 16.1. The Balaban J connectivity index is 1.56. The van der Waals surface area contributed by atoms with Gasteiger partial charge < -0.3 is 10.6 Å². The molecule has 1 heterocycles. The van der Waals surface area contributed by atoms with Crippen LogP contribution in [0.5, 0.6) is 0 Å². The summed E-state index contributed by atoms with van der Waals surface area (Å²) in [4.78, 5) is 26.6. The minimum Gasteiger partial charge on any atom is -0.341 e. The molecule has 0 bridgehead atoms. The smallest absolute Gasteiger partial charge is 0.239 e. The minimum absolute atomic E-state index is 0.0358. The Morgan fingerprint density at radius 1 is 1.23 bits per heavy atom. The van der Waals surface area contributed by atoms with E-state index in [0.29, 0.717) is 18.3 Å².